The summed E-state index contributed by atoms with van der Waals surface area (Å²) in [5.41, 5.74) is 2.19. The van der Waals surface area contributed by atoms with E-state index in [1.54, 1.807) is 48.7 Å². The van der Waals surface area contributed by atoms with Gasteiger partial charge in [0.05, 0.1) is 0 Å². The minimum atomic E-state index is -3.54. The third-order valence-corrected chi connectivity index (χ3v) is 8.90. The third kappa shape index (κ3) is 7.33. The second-order valence-electron chi connectivity index (χ2n) is 10.7. The molecule has 1 aliphatic rings. The standard InChI is InChI=1S/C18H17ClN4O2.C14H10ClN3O3S/c19-15-4-2-1-3-13(15)14-9-11-10-20-18(23-16(11)22-17(14)24)21-12-5-7-25-8-6-12;1-22(20,21)14-16-7-8-6-10(13(19)17-12(8)18-14)9-4-2-3-5-11(9)15/h1-4,9-10,12H,5-8H2,(H2,20,21,22,23,24);2-7H,1H3,(H,16,17,18,19). The van der Waals surface area contributed by atoms with E-state index in [1.165, 1.54) is 6.20 Å². The number of H-pyrrole nitrogens is 2. The summed E-state index contributed by atoms with van der Waals surface area (Å²) in [6, 6.07) is 17.9. The normalized spacial score (nSPS) is 13.7. The third-order valence-electron chi connectivity index (χ3n) is 7.38. The SMILES string of the molecule is CS(=O)(=O)c1ncc2cc(-c3ccccc3Cl)c(=O)[nH]c2n1.O=c1[nH]c2nc(NC3CCOCC3)ncc2cc1-c1ccccc1Cl. The van der Waals surface area contributed by atoms with Gasteiger partial charge in [-0.2, -0.15) is 4.98 Å². The Morgan fingerprint density at radius 3 is 1.81 bits per heavy atom. The Kier molecular flexibility index (Phi) is 9.32. The number of rotatable bonds is 5. The summed E-state index contributed by atoms with van der Waals surface area (Å²) in [5, 5.41) is 5.22. The predicted molar refractivity (Wildman–Crippen MR) is 182 cm³/mol. The fraction of sp³-hybridized carbons (Fsp3) is 0.188. The summed E-state index contributed by atoms with van der Waals surface area (Å²) in [5.74, 6) is 0.514. The summed E-state index contributed by atoms with van der Waals surface area (Å²) < 4.78 is 28.3. The van der Waals surface area contributed by atoms with Crippen LogP contribution in [0.2, 0.25) is 10.0 Å². The van der Waals surface area contributed by atoms with Crippen LogP contribution in [0.4, 0.5) is 5.95 Å². The molecule has 0 saturated carbocycles. The highest BCUT2D eigenvalue weighted by Gasteiger charge is 2.17. The first-order valence-electron chi connectivity index (χ1n) is 14.4. The quantitative estimate of drug-likeness (QED) is 0.202. The Morgan fingerprint density at radius 2 is 1.28 bits per heavy atom. The first kappa shape index (κ1) is 32.3. The molecule has 0 bridgehead atoms. The van der Waals surface area contributed by atoms with Crippen LogP contribution in [0.25, 0.3) is 44.3 Å². The molecule has 0 unspecified atom stereocenters. The van der Waals surface area contributed by atoms with Crippen molar-refractivity contribution in [2.24, 2.45) is 0 Å². The Labute approximate surface area is 278 Å². The lowest BCUT2D eigenvalue weighted by Gasteiger charge is -2.23. The Balaban J connectivity index is 0.000000166. The van der Waals surface area contributed by atoms with Crippen LogP contribution >= 0.6 is 23.2 Å². The Hall–Kier alpha value is -4.69. The first-order valence-corrected chi connectivity index (χ1v) is 17.1. The van der Waals surface area contributed by atoms with Gasteiger partial charge in [-0.05, 0) is 37.1 Å². The topological polar surface area (TPSA) is 173 Å². The average Bonchev–Trinajstić information content (AvgIpc) is 3.05. The first-order chi connectivity index (χ1) is 22.6. The molecule has 0 spiro atoms. The van der Waals surface area contributed by atoms with Crippen LogP contribution in [-0.4, -0.2) is 63.8 Å². The lowest BCUT2D eigenvalue weighted by Crippen LogP contribution is -2.28. The van der Waals surface area contributed by atoms with Gasteiger partial charge in [-0.3, -0.25) is 9.59 Å². The molecule has 15 heteroatoms. The van der Waals surface area contributed by atoms with Gasteiger partial charge in [0.1, 0.15) is 11.3 Å². The van der Waals surface area contributed by atoms with E-state index in [1.807, 2.05) is 18.2 Å². The zero-order valence-corrected chi connectivity index (χ0v) is 27.2. The van der Waals surface area contributed by atoms with Crippen molar-refractivity contribution in [3.8, 4) is 22.3 Å². The molecule has 2 aromatic carbocycles. The molecule has 1 aliphatic heterocycles. The number of nitrogens with zero attached hydrogens (tertiary/aromatic N) is 4. The monoisotopic (exact) mass is 691 g/mol. The van der Waals surface area contributed by atoms with Crippen LogP contribution in [0, 0.1) is 0 Å². The smallest absolute Gasteiger partial charge is 0.257 e. The number of fused-ring (bicyclic) bond motifs is 2. The summed E-state index contributed by atoms with van der Waals surface area (Å²) in [7, 11) is -3.54. The Bertz CT molecular complexity index is 2340. The van der Waals surface area contributed by atoms with Gasteiger partial charge >= 0.3 is 0 Å². The average molecular weight is 693 g/mol. The highest BCUT2D eigenvalue weighted by atomic mass is 35.5. The molecule has 5 heterocycles. The van der Waals surface area contributed by atoms with Gasteiger partial charge in [0.25, 0.3) is 11.1 Å². The molecule has 7 rings (SSSR count). The van der Waals surface area contributed by atoms with Crippen molar-refractivity contribution in [2.75, 3.05) is 24.8 Å². The van der Waals surface area contributed by atoms with Gasteiger partial charge < -0.3 is 20.0 Å². The largest absolute Gasteiger partial charge is 0.381 e. The molecular formula is C32H27Cl2N7O5S. The zero-order chi connectivity index (χ0) is 33.1. The van der Waals surface area contributed by atoms with Gasteiger partial charge in [0.15, 0.2) is 0 Å². The Morgan fingerprint density at radius 1 is 0.766 bits per heavy atom. The van der Waals surface area contributed by atoms with Gasteiger partial charge in [-0.25, -0.2) is 23.4 Å². The number of benzene rings is 2. The maximum atomic E-state index is 12.5. The summed E-state index contributed by atoms with van der Waals surface area (Å²) in [6.45, 7) is 1.48. The number of sulfone groups is 1. The van der Waals surface area contributed by atoms with Crippen LogP contribution < -0.4 is 16.4 Å². The van der Waals surface area contributed by atoms with Crippen molar-refractivity contribution >= 4 is 61.1 Å². The van der Waals surface area contributed by atoms with Crippen LogP contribution in [-0.2, 0) is 14.6 Å². The van der Waals surface area contributed by atoms with E-state index in [4.69, 9.17) is 27.9 Å². The van der Waals surface area contributed by atoms with Gasteiger partial charge in [0, 0.05) is 81.0 Å². The molecule has 3 N–H and O–H groups in total. The van der Waals surface area contributed by atoms with E-state index >= 15 is 0 Å². The lowest BCUT2D eigenvalue weighted by atomic mass is 10.1. The maximum Gasteiger partial charge on any atom is 0.257 e. The van der Waals surface area contributed by atoms with E-state index < -0.39 is 15.4 Å². The molecular weight excluding hydrogens is 665 g/mol. The molecule has 1 fully saturated rings. The number of hydrogen-bond acceptors (Lipinski definition) is 10. The van der Waals surface area contributed by atoms with Gasteiger partial charge in [0.2, 0.25) is 20.9 Å². The molecule has 47 heavy (non-hydrogen) atoms. The van der Waals surface area contributed by atoms with Gasteiger partial charge in [-0.15, -0.1) is 0 Å². The summed E-state index contributed by atoms with van der Waals surface area (Å²) in [6.07, 6.45) is 5.91. The molecule has 240 valence electrons. The van der Waals surface area contributed by atoms with Crippen molar-refractivity contribution in [3.05, 3.63) is 104 Å². The fourth-order valence-corrected chi connectivity index (χ4v) is 5.98. The van der Waals surface area contributed by atoms with Gasteiger partial charge in [-0.1, -0.05) is 59.6 Å². The van der Waals surface area contributed by atoms with Crippen LogP contribution in [0.1, 0.15) is 12.8 Å². The van der Waals surface area contributed by atoms with E-state index in [9.17, 15) is 18.0 Å². The number of pyridine rings is 2. The van der Waals surface area contributed by atoms with E-state index in [2.05, 4.69) is 35.2 Å². The second-order valence-corrected chi connectivity index (χ2v) is 13.5. The molecule has 0 amide bonds. The molecule has 0 radical (unpaired) electrons. The van der Waals surface area contributed by atoms with Crippen molar-refractivity contribution < 1.29 is 13.2 Å². The highest BCUT2D eigenvalue weighted by Crippen LogP contribution is 2.27. The van der Waals surface area contributed by atoms with Crippen molar-refractivity contribution in [1.29, 1.82) is 0 Å². The van der Waals surface area contributed by atoms with Crippen molar-refractivity contribution in [3.63, 3.8) is 0 Å². The molecule has 1 saturated heterocycles. The lowest BCUT2D eigenvalue weighted by molar-refractivity contribution is 0.0903. The number of aromatic amines is 2. The van der Waals surface area contributed by atoms with E-state index in [0.29, 0.717) is 55.3 Å². The fourth-order valence-electron chi connectivity index (χ4n) is 5.00. The van der Waals surface area contributed by atoms with Crippen LogP contribution in [0.3, 0.4) is 0 Å². The molecule has 12 nitrogen and oxygen atoms in total. The zero-order valence-electron chi connectivity index (χ0n) is 24.8. The number of ether oxygens (including phenoxy) is 1. The van der Waals surface area contributed by atoms with Crippen LogP contribution in [0.5, 0.6) is 0 Å². The number of aromatic nitrogens is 6. The number of halogens is 2. The molecule has 0 atom stereocenters. The predicted octanol–water partition coefficient (Wildman–Crippen LogP) is 5.27. The number of anilines is 1. The second kappa shape index (κ2) is 13.6. The highest BCUT2D eigenvalue weighted by molar-refractivity contribution is 7.90. The van der Waals surface area contributed by atoms with Crippen molar-refractivity contribution in [2.45, 2.75) is 24.0 Å². The van der Waals surface area contributed by atoms with Crippen molar-refractivity contribution in [1.82, 2.24) is 29.9 Å². The molecule has 6 aromatic rings. The van der Waals surface area contributed by atoms with E-state index in [-0.39, 0.29) is 16.4 Å². The maximum absolute atomic E-state index is 12.5. The summed E-state index contributed by atoms with van der Waals surface area (Å²) in [4.78, 5) is 46.6. The van der Waals surface area contributed by atoms with E-state index in [0.717, 1.165) is 37.7 Å². The molecule has 4 aromatic heterocycles. The minimum absolute atomic E-state index is 0.163. The molecule has 0 aliphatic carbocycles. The minimum Gasteiger partial charge on any atom is -0.381 e. The summed E-state index contributed by atoms with van der Waals surface area (Å²) >= 11 is 12.3. The number of hydrogen-bond donors (Lipinski definition) is 3. The van der Waals surface area contributed by atoms with Crippen LogP contribution in [0.15, 0.2) is 87.8 Å². The number of nitrogens with one attached hydrogen (secondary N) is 3.